The van der Waals surface area contributed by atoms with E-state index in [4.69, 9.17) is 4.74 Å². The van der Waals surface area contributed by atoms with E-state index in [0.717, 1.165) is 59.2 Å². The molecule has 0 atom stereocenters. The second-order valence-electron chi connectivity index (χ2n) is 11.3. The van der Waals surface area contributed by atoms with E-state index < -0.39 is 5.41 Å². The third-order valence-corrected chi connectivity index (χ3v) is 8.14. The Hall–Kier alpha value is -3.94. The van der Waals surface area contributed by atoms with Crippen LogP contribution in [0.5, 0.6) is 5.75 Å². The number of carbonyl (C=O) groups is 2. The molecule has 0 unspecified atom stereocenters. The topological polar surface area (TPSA) is 91.0 Å². The monoisotopic (exact) mass is 511 g/mol. The van der Waals surface area contributed by atoms with Crippen LogP contribution in [0.2, 0.25) is 0 Å². The number of rotatable bonds is 8. The fraction of sp³-hybridized carbons (Fsp3) is 0.400. The molecule has 0 radical (unpaired) electrons. The molecule has 0 saturated heterocycles. The quantitative estimate of drug-likeness (QED) is 0.345. The average Bonchev–Trinajstić information content (AvgIpc) is 3.32. The Morgan fingerprint density at radius 2 is 1.92 bits per heavy atom. The van der Waals surface area contributed by atoms with Gasteiger partial charge in [-0.15, -0.1) is 0 Å². The Morgan fingerprint density at radius 1 is 1.13 bits per heavy atom. The number of methoxy groups -OCH3 is 1. The summed E-state index contributed by atoms with van der Waals surface area (Å²) in [6.07, 6.45) is 6.96. The number of amides is 1. The maximum Gasteiger partial charge on any atom is 0.251 e. The maximum atomic E-state index is 13.9. The number of ketones is 1. The number of aryl methyl sites for hydroxylation is 1. The first-order chi connectivity index (χ1) is 18.3. The van der Waals surface area contributed by atoms with Crippen molar-refractivity contribution in [3.05, 3.63) is 77.5 Å². The van der Waals surface area contributed by atoms with Gasteiger partial charge in [-0.25, -0.2) is 4.98 Å². The SMILES string of the molecule is COc1ccc(Cn2c3c(c4cc(C(=O)NCCCn5cncn5)ccc42)C2(CC2)CC(C)(C)C3=O)cc1. The summed E-state index contributed by atoms with van der Waals surface area (Å²) in [7, 11) is 1.66. The van der Waals surface area contributed by atoms with Gasteiger partial charge < -0.3 is 14.6 Å². The molecule has 196 valence electrons. The van der Waals surface area contributed by atoms with E-state index in [1.54, 1.807) is 18.1 Å². The van der Waals surface area contributed by atoms with Crippen LogP contribution in [0.3, 0.4) is 0 Å². The van der Waals surface area contributed by atoms with Gasteiger partial charge in [0.1, 0.15) is 18.4 Å². The van der Waals surface area contributed by atoms with Gasteiger partial charge in [-0.3, -0.25) is 14.3 Å². The van der Waals surface area contributed by atoms with Gasteiger partial charge in [0, 0.05) is 41.5 Å². The first-order valence-electron chi connectivity index (χ1n) is 13.3. The zero-order valence-electron chi connectivity index (χ0n) is 22.2. The Bertz CT molecular complexity index is 1510. The fourth-order valence-electron chi connectivity index (χ4n) is 6.15. The molecule has 8 nitrogen and oxygen atoms in total. The van der Waals surface area contributed by atoms with Crippen molar-refractivity contribution in [1.82, 2.24) is 24.6 Å². The van der Waals surface area contributed by atoms with Gasteiger partial charge in [0.15, 0.2) is 5.78 Å². The lowest BCUT2D eigenvalue weighted by atomic mass is 9.68. The molecule has 6 rings (SSSR count). The number of carbonyl (C=O) groups excluding carboxylic acids is 2. The van der Waals surface area contributed by atoms with Crippen molar-refractivity contribution in [1.29, 1.82) is 0 Å². The maximum absolute atomic E-state index is 13.9. The molecular weight excluding hydrogens is 478 g/mol. The van der Waals surface area contributed by atoms with Gasteiger partial charge in [0.25, 0.3) is 5.91 Å². The smallest absolute Gasteiger partial charge is 0.251 e. The van der Waals surface area contributed by atoms with Crippen LogP contribution >= 0.6 is 0 Å². The third-order valence-electron chi connectivity index (χ3n) is 8.14. The summed E-state index contributed by atoms with van der Waals surface area (Å²) < 4.78 is 9.26. The molecule has 2 aliphatic carbocycles. The van der Waals surface area contributed by atoms with Crippen molar-refractivity contribution in [3.8, 4) is 5.75 Å². The van der Waals surface area contributed by atoms with Crippen molar-refractivity contribution in [3.63, 3.8) is 0 Å². The highest BCUT2D eigenvalue weighted by atomic mass is 16.5. The molecule has 4 aromatic rings. The van der Waals surface area contributed by atoms with Gasteiger partial charge in [0.2, 0.25) is 0 Å². The lowest BCUT2D eigenvalue weighted by Gasteiger charge is -2.35. The lowest BCUT2D eigenvalue weighted by molar-refractivity contribution is 0.0776. The highest BCUT2D eigenvalue weighted by Crippen LogP contribution is 2.61. The summed E-state index contributed by atoms with van der Waals surface area (Å²) >= 11 is 0. The standard InChI is InChI=1S/C30H33N5O3/c1-29(2)17-30(11-12-30)25-23-15-21(28(37)32-13-4-14-34-19-31-18-33-34)7-10-24(23)35(26(25)27(29)36)16-20-5-8-22(38-3)9-6-20/h5-10,15,18-19H,4,11-14,16-17H2,1-3H3,(H,32,37). The summed E-state index contributed by atoms with van der Waals surface area (Å²) in [5, 5.41) is 8.17. The predicted molar refractivity (Wildman–Crippen MR) is 145 cm³/mol. The molecule has 1 N–H and O–H groups in total. The number of hydrogen-bond acceptors (Lipinski definition) is 5. The molecule has 2 aliphatic rings. The molecule has 0 aliphatic heterocycles. The Morgan fingerprint density at radius 3 is 2.61 bits per heavy atom. The second-order valence-corrected chi connectivity index (χ2v) is 11.3. The molecule has 1 saturated carbocycles. The lowest BCUT2D eigenvalue weighted by Crippen LogP contribution is -2.37. The molecular formula is C30H33N5O3. The number of fused-ring (bicyclic) bond motifs is 4. The minimum absolute atomic E-state index is 0.0169. The first-order valence-corrected chi connectivity index (χ1v) is 13.3. The Balaban J connectivity index is 1.36. The number of aromatic nitrogens is 4. The van der Waals surface area contributed by atoms with Crippen molar-refractivity contribution < 1.29 is 14.3 Å². The van der Waals surface area contributed by atoms with Crippen molar-refractivity contribution in [2.24, 2.45) is 5.41 Å². The molecule has 2 aromatic carbocycles. The molecule has 38 heavy (non-hydrogen) atoms. The van der Waals surface area contributed by atoms with Crippen LogP contribution in [0.1, 0.15) is 71.5 Å². The van der Waals surface area contributed by atoms with Gasteiger partial charge in [-0.05, 0) is 72.6 Å². The zero-order valence-corrected chi connectivity index (χ0v) is 22.2. The molecule has 2 aromatic heterocycles. The predicted octanol–water partition coefficient (Wildman–Crippen LogP) is 4.75. The average molecular weight is 512 g/mol. The fourth-order valence-corrected chi connectivity index (χ4v) is 6.15. The minimum atomic E-state index is -0.417. The van der Waals surface area contributed by atoms with Crippen LogP contribution in [-0.2, 0) is 18.5 Å². The van der Waals surface area contributed by atoms with E-state index in [0.29, 0.717) is 25.2 Å². The first kappa shape index (κ1) is 24.4. The van der Waals surface area contributed by atoms with E-state index in [-0.39, 0.29) is 17.1 Å². The van der Waals surface area contributed by atoms with Gasteiger partial charge in [-0.2, -0.15) is 5.10 Å². The van der Waals surface area contributed by atoms with Crippen LogP contribution in [0.15, 0.2) is 55.1 Å². The normalized spacial score (nSPS) is 17.0. The second kappa shape index (κ2) is 9.11. The van der Waals surface area contributed by atoms with Gasteiger partial charge in [-0.1, -0.05) is 26.0 Å². The number of Topliss-reactive ketones (excluding diaryl/α,β-unsaturated/α-hetero) is 1. The molecule has 1 amide bonds. The number of nitrogens with zero attached hydrogens (tertiary/aromatic N) is 4. The van der Waals surface area contributed by atoms with E-state index in [1.807, 2.05) is 42.5 Å². The van der Waals surface area contributed by atoms with Crippen LogP contribution in [0, 0.1) is 5.41 Å². The number of nitrogens with one attached hydrogen (secondary N) is 1. The Kier molecular flexibility index (Phi) is 5.85. The van der Waals surface area contributed by atoms with Crippen LogP contribution in [-0.4, -0.2) is 44.7 Å². The molecule has 1 spiro atoms. The molecule has 1 fully saturated rings. The molecule has 8 heteroatoms. The van der Waals surface area contributed by atoms with Crippen LogP contribution < -0.4 is 10.1 Å². The van der Waals surface area contributed by atoms with E-state index in [2.05, 4.69) is 33.8 Å². The van der Waals surface area contributed by atoms with E-state index >= 15 is 0 Å². The van der Waals surface area contributed by atoms with Gasteiger partial charge in [0.05, 0.1) is 12.8 Å². The van der Waals surface area contributed by atoms with Crippen molar-refractivity contribution >= 4 is 22.6 Å². The number of ether oxygens (including phenoxy) is 1. The Labute approximate surface area is 222 Å². The third kappa shape index (κ3) is 4.18. The van der Waals surface area contributed by atoms with Crippen LogP contribution in [0.25, 0.3) is 10.9 Å². The molecule has 0 bridgehead atoms. The number of hydrogen-bond donors (Lipinski definition) is 1. The summed E-state index contributed by atoms with van der Waals surface area (Å²) in [6.45, 7) is 5.98. The van der Waals surface area contributed by atoms with E-state index in [1.165, 1.54) is 6.33 Å². The van der Waals surface area contributed by atoms with Gasteiger partial charge >= 0.3 is 0 Å². The zero-order chi connectivity index (χ0) is 26.5. The molecule has 2 heterocycles. The highest BCUT2D eigenvalue weighted by molar-refractivity contribution is 6.09. The van der Waals surface area contributed by atoms with Crippen LogP contribution in [0.4, 0.5) is 0 Å². The summed E-state index contributed by atoms with van der Waals surface area (Å²) in [5.41, 5.74) is 4.28. The van der Waals surface area contributed by atoms with Crippen molar-refractivity contribution in [2.75, 3.05) is 13.7 Å². The highest BCUT2D eigenvalue weighted by Gasteiger charge is 2.57. The van der Waals surface area contributed by atoms with Crippen molar-refractivity contribution in [2.45, 2.75) is 58.0 Å². The summed E-state index contributed by atoms with van der Waals surface area (Å²) in [5.74, 6) is 0.891. The van der Waals surface area contributed by atoms with E-state index in [9.17, 15) is 9.59 Å². The summed E-state index contributed by atoms with van der Waals surface area (Å²) in [4.78, 5) is 30.9. The number of benzene rings is 2. The largest absolute Gasteiger partial charge is 0.497 e. The summed E-state index contributed by atoms with van der Waals surface area (Å²) in [6, 6.07) is 13.9. The minimum Gasteiger partial charge on any atom is -0.497 e.